The van der Waals surface area contributed by atoms with Crippen LogP contribution in [0.15, 0.2) is 48.6 Å². The van der Waals surface area contributed by atoms with Gasteiger partial charge in [-0.3, -0.25) is 9.59 Å². The van der Waals surface area contributed by atoms with Crippen molar-refractivity contribution in [3.8, 4) is 0 Å². The van der Waals surface area contributed by atoms with E-state index in [0.29, 0.717) is 19.4 Å². The van der Waals surface area contributed by atoms with E-state index in [4.69, 9.17) is 4.74 Å². The first kappa shape index (κ1) is 87.8. The summed E-state index contributed by atoms with van der Waals surface area (Å²) in [6, 6.07) is -0.626. The van der Waals surface area contributed by atoms with Gasteiger partial charge >= 0.3 is 5.97 Å². The first-order chi connectivity index (χ1) is 44.5. The number of aliphatic hydroxyl groups is 2. The molecule has 1 amide bonds. The summed E-state index contributed by atoms with van der Waals surface area (Å²) in [6.45, 7) is 4.94. The average molecular weight is 1260 g/mol. The molecule has 0 saturated heterocycles. The van der Waals surface area contributed by atoms with Crippen molar-refractivity contribution in [3.63, 3.8) is 0 Å². The fourth-order valence-corrected chi connectivity index (χ4v) is 12.8. The minimum absolute atomic E-state index is 0.0178. The van der Waals surface area contributed by atoms with E-state index >= 15 is 0 Å². The van der Waals surface area contributed by atoms with E-state index in [2.05, 4.69) is 55.6 Å². The van der Waals surface area contributed by atoms with Crippen LogP contribution in [0.25, 0.3) is 0 Å². The molecule has 0 spiro atoms. The zero-order valence-electron chi connectivity index (χ0n) is 60.9. The van der Waals surface area contributed by atoms with Crippen LogP contribution in [0.1, 0.15) is 450 Å². The van der Waals surface area contributed by atoms with Crippen molar-refractivity contribution < 1.29 is 24.5 Å². The Morgan fingerprint density at radius 2 is 0.556 bits per heavy atom. The largest absolute Gasteiger partial charge is 0.466 e. The third-order valence-corrected chi connectivity index (χ3v) is 19.1. The summed E-state index contributed by atoms with van der Waals surface area (Å²) in [5.41, 5.74) is 0. The Hall–Kier alpha value is -2.18. The van der Waals surface area contributed by atoms with Gasteiger partial charge in [-0.2, -0.15) is 0 Å². The molecule has 0 fully saturated rings. The molecule has 0 aromatic heterocycles. The van der Waals surface area contributed by atoms with Crippen molar-refractivity contribution in [1.29, 1.82) is 0 Å². The maximum absolute atomic E-state index is 12.5. The standard InChI is InChI=1S/C84H159NO5/c1-3-5-7-9-11-13-15-17-19-21-46-50-54-58-62-66-70-74-78-84(89)90-79-75-71-67-63-59-55-51-47-44-42-40-38-36-34-32-30-28-26-24-22-23-25-27-29-31-33-35-37-39-41-43-45-49-53-57-61-65-69-73-77-83(88)85-81(80-86)82(87)76-72-68-64-60-56-52-48-20-18-16-14-12-10-8-6-4-2/h19,21-23,26,28,72,76,81-82,86-87H,3-18,20,24-25,27,29-71,73-75,77-80H2,1-2H3,(H,85,88)/b21-19-,23-22-,28-26-,76-72+. The second-order valence-electron chi connectivity index (χ2n) is 28.1. The number of nitrogens with one attached hydrogen (secondary N) is 1. The fourth-order valence-electron chi connectivity index (χ4n) is 12.8. The van der Waals surface area contributed by atoms with E-state index in [1.165, 1.54) is 372 Å². The molecule has 0 bridgehead atoms. The number of hydrogen-bond acceptors (Lipinski definition) is 5. The predicted molar refractivity (Wildman–Crippen MR) is 398 cm³/mol. The Labute approximate surface area is 563 Å². The lowest BCUT2D eigenvalue weighted by atomic mass is 10.0. The zero-order valence-corrected chi connectivity index (χ0v) is 60.9. The maximum Gasteiger partial charge on any atom is 0.305 e. The SMILES string of the molecule is CCCCCCCCC/C=C\CCCCCCCCCC(=O)OCCCCCCCCCCCCCCCCC/C=C\C/C=C\CCCCCCCCCCCCCCCCCCCC(=O)NC(CO)C(O)/C=C/CCCCCCCCCCCCCCCC. The van der Waals surface area contributed by atoms with Crippen LogP contribution in [0.4, 0.5) is 0 Å². The third-order valence-electron chi connectivity index (χ3n) is 19.1. The van der Waals surface area contributed by atoms with Gasteiger partial charge in [-0.1, -0.05) is 396 Å². The van der Waals surface area contributed by atoms with E-state index < -0.39 is 12.1 Å². The minimum atomic E-state index is -0.843. The van der Waals surface area contributed by atoms with Gasteiger partial charge in [0.25, 0.3) is 0 Å². The molecule has 90 heavy (non-hydrogen) atoms. The van der Waals surface area contributed by atoms with Crippen molar-refractivity contribution in [3.05, 3.63) is 48.6 Å². The highest BCUT2D eigenvalue weighted by Gasteiger charge is 2.18. The van der Waals surface area contributed by atoms with Crippen LogP contribution >= 0.6 is 0 Å². The average Bonchev–Trinajstić information content (AvgIpc) is 3.72. The lowest BCUT2D eigenvalue weighted by molar-refractivity contribution is -0.143. The van der Waals surface area contributed by atoms with Gasteiger partial charge in [0.05, 0.1) is 25.4 Å². The van der Waals surface area contributed by atoms with Crippen LogP contribution in [0.5, 0.6) is 0 Å². The molecule has 0 aromatic rings. The lowest BCUT2D eigenvalue weighted by Crippen LogP contribution is -2.45. The molecule has 0 aliphatic carbocycles. The van der Waals surface area contributed by atoms with Gasteiger partial charge in [0.1, 0.15) is 0 Å². The number of carbonyl (C=O) groups is 2. The summed E-state index contributed by atoms with van der Waals surface area (Å²) in [7, 11) is 0. The number of hydrogen-bond donors (Lipinski definition) is 3. The second kappa shape index (κ2) is 79.3. The van der Waals surface area contributed by atoms with Crippen LogP contribution in [0, 0.1) is 0 Å². The smallest absolute Gasteiger partial charge is 0.305 e. The van der Waals surface area contributed by atoms with Gasteiger partial charge in [-0.05, 0) is 89.9 Å². The van der Waals surface area contributed by atoms with Gasteiger partial charge < -0.3 is 20.3 Å². The van der Waals surface area contributed by atoms with Crippen LogP contribution in [0.2, 0.25) is 0 Å². The Kier molecular flexibility index (Phi) is 77.3. The van der Waals surface area contributed by atoms with Gasteiger partial charge in [-0.25, -0.2) is 0 Å². The monoisotopic (exact) mass is 1260 g/mol. The number of rotatable bonds is 77. The fraction of sp³-hybridized carbons (Fsp3) is 0.881. The summed E-state index contributed by atoms with van der Waals surface area (Å²) in [5, 5.41) is 23.2. The van der Waals surface area contributed by atoms with Crippen LogP contribution < -0.4 is 5.32 Å². The molecular formula is C84H159NO5. The van der Waals surface area contributed by atoms with Crippen molar-refractivity contribution in [2.45, 2.75) is 463 Å². The summed E-state index contributed by atoms with van der Waals surface area (Å²) < 4.78 is 5.51. The van der Waals surface area contributed by atoms with Crippen LogP contribution in [-0.4, -0.2) is 47.4 Å². The van der Waals surface area contributed by atoms with E-state index in [1.807, 2.05) is 6.08 Å². The Bertz CT molecular complexity index is 1500. The number of amides is 1. The number of unbranched alkanes of at least 4 members (excludes halogenated alkanes) is 60. The molecule has 0 aliphatic rings. The molecule has 0 aliphatic heterocycles. The molecule has 3 N–H and O–H groups in total. The highest BCUT2D eigenvalue weighted by molar-refractivity contribution is 5.76. The zero-order chi connectivity index (χ0) is 64.9. The summed E-state index contributed by atoms with van der Waals surface area (Å²) in [6.07, 6.45) is 105. The van der Waals surface area contributed by atoms with Crippen molar-refractivity contribution in [2.75, 3.05) is 13.2 Å². The van der Waals surface area contributed by atoms with E-state index in [9.17, 15) is 19.8 Å². The Balaban J connectivity index is 3.36. The Morgan fingerprint density at radius 3 is 0.856 bits per heavy atom. The first-order valence-corrected chi connectivity index (χ1v) is 40.9. The number of ether oxygens (including phenoxy) is 1. The van der Waals surface area contributed by atoms with Gasteiger partial charge in [0, 0.05) is 12.8 Å². The van der Waals surface area contributed by atoms with Gasteiger partial charge in [-0.15, -0.1) is 0 Å². The highest BCUT2D eigenvalue weighted by Crippen LogP contribution is 2.19. The normalized spacial score (nSPS) is 12.7. The number of aliphatic hydroxyl groups excluding tert-OH is 2. The van der Waals surface area contributed by atoms with Crippen LogP contribution in [-0.2, 0) is 14.3 Å². The summed E-state index contributed by atoms with van der Waals surface area (Å²) in [4.78, 5) is 24.6. The summed E-state index contributed by atoms with van der Waals surface area (Å²) >= 11 is 0. The molecule has 2 atom stereocenters. The number of carbonyl (C=O) groups excluding carboxylic acids is 2. The number of esters is 1. The van der Waals surface area contributed by atoms with E-state index in [1.54, 1.807) is 6.08 Å². The van der Waals surface area contributed by atoms with Gasteiger partial charge in [0.15, 0.2) is 0 Å². The molecule has 2 unspecified atom stereocenters. The molecule has 530 valence electrons. The quantitative estimate of drug-likeness (QED) is 0.0320. The van der Waals surface area contributed by atoms with Crippen molar-refractivity contribution in [2.24, 2.45) is 0 Å². The predicted octanol–water partition coefficient (Wildman–Crippen LogP) is 27.2. The second-order valence-corrected chi connectivity index (χ2v) is 28.1. The van der Waals surface area contributed by atoms with E-state index in [-0.39, 0.29) is 18.5 Å². The molecule has 0 radical (unpaired) electrons. The third kappa shape index (κ3) is 74.9. The molecule has 0 heterocycles. The topological polar surface area (TPSA) is 95.9 Å². The number of allylic oxidation sites excluding steroid dienone is 7. The van der Waals surface area contributed by atoms with Gasteiger partial charge in [0.2, 0.25) is 5.91 Å². The first-order valence-electron chi connectivity index (χ1n) is 40.9. The van der Waals surface area contributed by atoms with Crippen LogP contribution in [0.3, 0.4) is 0 Å². The van der Waals surface area contributed by atoms with Crippen molar-refractivity contribution >= 4 is 11.9 Å². The molecule has 6 heteroatoms. The molecule has 0 rings (SSSR count). The lowest BCUT2D eigenvalue weighted by Gasteiger charge is -2.20. The molecule has 6 nitrogen and oxygen atoms in total. The summed E-state index contributed by atoms with van der Waals surface area (Å²) in [5.74, 6) is -0.0442. The van der Waals surface area contributed by atoms with E-state index in [0.717, 1.165) is 51.4 Å². The minimum Gasteiger partial charge on any atom is -0.466 e. The Morgan fingerprint density at radius 1 is 0.311 bits per heavy atom. The molecule has 0 saturated carbocycles. The highest BCUT2D eigenvalue weighted by atomic mass is 16.5. The maximum atomic E-state index is 12.5. The molecular weight excluding hydrogens is 1100 g/mol. The molecule has 0 aromatic carbocycles. The van der Waals surface area contributed by atoms with Crippen molar-refractivity contribution in [1.82, 2.24) is 5.32 Å².